The van der Waals surface area contributed by atoms with Crippen LogP contribution in [0, 0.1) is 28.5 Å². The van der Waals surface area contributed by atoms with E-state index in [4.69, 9.17) is 5.26 Å². The summed E-state index contributed by atoms with van der Waals surface area (Å²) in [4.78, 5) is 13.4. The van der Waals surface area contributed by atoms with Crippen molar-refractivity contribution in [3.05, 3.63) is 29.6 Å². The fourth-order valence-corrected chi connectivity index (χ4v) is 3.66. The van der Waals surface area contributed by atoms with Crippen molar-refractivity contribution in [1.29, 1.82) is 5.26 Å². The Kier molecular flexibility index (Phi) is 2.89. The minimum atomic E-state index is -0.767. The first kappa shape index (κ1) is 12.9. The molecule has 2 fully saturated rings. The van der Waals surface area contributed by atoms with Crippen LogP contribution in [0.5, 0.6) is 0 Å². The number of nitriles is 1. The van der Waals surface area contributed by atoms with Crippen LogP contribution in [0.3, 0.4) is 0 Å². The van der Waals surface area contributed by atoms with Crippen LogP contribution in [0.4, 0.5) is 10.1 Å². The summed E-state index contributed by atoms with van der Waals surface area (Å²) in [6, 6.07) is 6.25. The number of fused-ring (bicyclic) bond motifs is 1. The minimum Gasteiger partial charge on any atom is -0.481 e. The Morgan fingerprint density at radius 1 is 1.55 bits per heavy atom. The number of carboxylic acid groups (broad SMARTS) is 1. The van der Waals surface area contributed by atoms with Gasteiger partial charge in [-0.2, -0.15) is 5.26 Å². The lowest BCUT2D eigenvalue weighted by Crippen LogP contribution is -2.35. The molecular formula is C15H15FN2O2. The lowest BCUT2D eigenvalue weighted by Gasteiger charge is -2.24. The standard InChI is InChI=1S/C15H15FN2O2/c16-12-6-10(7-17)3-4-13(12)18-8-11-2-1-5-15(11,9-18)14(19)20/h3-4,6,11H,1-2,5,8-9H2,(H,19,20)/t11-,15+/m0/s1. The number of hydrogen-bond donors (Lipinski definition) is 1. The van der Waals surface area contributed by atoms with Crippen LogP contribution < -0.4 is 4.90 Å². The highest BCUT2D eigenvalue weighted by Crippen LogP contribution is 2.50. The van der Waals surface area contributed by atoms with Crippen LogP contribution in [0.25, 0.3) is 0 Å². The molecule has 1 N–H and O–H groups in total. The van der Waals surface area contributed by atoms with Gasteiger partial charge in [0.2, 0.25) is 0 Å². The first-order valence-electron chi connectivity index (χ1n) is 6.75. The molecule has 0 spiro atoms. The smallest absolute Gasteiger partial charge is 0.311 e. The van der Waals surface area contributed by atoms with Crippen molar-refractivity contribution in [3.63, 3.8) is 0 Å². The number of hydrogen-bond acceptors (Lipinski definition) is 3. The van der Waals surface area contributed by atoms with Gasteiger partial charge < -0.3 is 10.0 Å². The SMILES string of the molecule is N#Cc1ccc(N2C[C@@H]3CCC[C@@]3(C(=O)O)C2)c(F)c1. The molecule has 2 aliphatic rings. The maximum absolute atomic E-state index is 14.1. The van der Waals surface area contributed by atoms with Gasteiger partial charge in [-0.3, -0.25) is 4.79 Å². The van der Waals surface area contributed by atoms with E-state index in [1.807, 2.05) is 11.0 Å². The fourth-order valence-electron chi connectivity index (χ4n) is 3.66. The number of benzene rings is 1. The van der Waals surface area contributed by atoms with Gasteiger partial charge in [0, 0.05) is 13.1 Å². The van der Waals surface area contributed by atoms with Gasteiger partial charge in [-0.25, -0.2) is 4.39 Å². The van der Waals surface area contributed by atoms with E-state index in [9.17, 15) is 14.3 Å². The molecule has 0 amide bonds. The summed E-state index contributed by atoms with van der Waals surface area (Å²) in [5.74, 6) is -1.13. The van der Waals surface area contributed by atoms with E-state index in [0.717, 1.165) is 12.8 Å². The Morgan fingerprint density at radius 3 is 2.95 bits per heavy atom. The van der Waals surface area contributed by atoms with Gasteiger partial charge in [-0.1, -0.05) is 6.42 Å². The molecule has 5 heteroatoms. The van der Waals surface area contributed by atoms with Crippen molar-refractivity contribution in [1.82, 2.24) is 0 Å². The number of anilines is 1. The molecule has 1 saturated carbocycles. The summed E-state index contributed by atoms with van der Waals surface area (Å²) in [5, 5.41) is 18.3. The molecule has 1 heterocycles. The Hall–Kier alpha value is -2.09. The van der Waals surface area contributed by atoms with Crippen molar-refractivity contribution < 1.29 is 14.3 Å². The van der Waals surface area contributed by atoms with Gasteiger partial charge in [0.1, 0.15) is 5.82 Å². The van der Waals surface area contributed by atoms with Crippen molar-refractivity contribution >= 4 is 11.7 Å². The first-order chi connectivity index (χ1) is 9.56. The quantitative estimate of drug-likeness (QED) is 0.899. The lowest BCUT2D eigenvalue weighted by atomic mass is 9.81. The third kappa shape index (κ3) is 1.75. The predicted octanol–water partition coefficient (Wildman–Crippen LogP) is 2.39. The van der Waals surface area contributed by atoms with Crippen LogP contribution in [0.2, 0.25) is 0 Å². The maximum atomic E-state index is 14.1. The summed E-state index contributed by atoms with van der Waals surface area (Å²) in [7, 11) is 0. The number of rotatable bonds is 2. The molecule has 4 nitrogen and oxygen atoms in total. The summed E-state index contributed by atoms with van der Waals surface area (Å²) < 4.78 is 14.1. The third-order valence-corrected chi connectivity index (χ3v) is 4.71. The number of nitrogens with zero attached hydrogens (tertiary/aromatic N) is 2. The van der Waals surface area contributed by atoms with E-state index in [2.05, 4.69) is 0 Å². The lowest BCUT2D eigenvalue weighted by molar-refractivity contribution is -0.149. The Morgan fingerprint density at radius 2 is 2.35 bits per heavy atom. The number of halogens is 1. The van der Waals surface area contributed by atoms with E-state index in [1.165, 1.54) is 6.07 Å². The zero-order chi connectivity index (χ0) is 14.3. The Labute approximate surface area is 116 Å². The fraction of sp³-hybridized carbons (Fsp3) is 0.467. The molecule has 3 rings (SSSR count). The molecule has 0 bridgehead atoms. The summed E-state index contributed by atoms with van der Waals surface area (Å²) in [6.45, 7) is 0.935. The highest BCUT2D eigenvalue weighted by Gasteiger charge is 2.55. The molecule has 0 radical (unpaired) electrons. The van der Waals surface area contributed by atoms with Gasteiger partial charge in [0.15, 0.2) is 0 Å². The Bertz CT molecular complexity index is 610. The summed E-state index contributed by atoms with van der Waals surface area (Å²) in [5.41, 5.74) is -0.0435. The molecular weight excluding hydrogens is 259 g/mol. The second-order valence-electron chi connectivity index (χ2n) is 5.71. The number of carbonyl (C=O) groups is 1. The molecule has 0 unspecified atom stereocenters. The topological polar surface area (TPSA) is 64.3 Å². The van der Waals surface area contributed by atoms with Crippen molar-refractivity contribution in [2.75, 3.05) is 18.0 Å². The zero-order valence-electron chi connectivity index (χ0n) is 11.0. The average molecular weight is 274 g/mol. The van der Waals surface area contributed by atoms with Crippen LogP contribution in [-0.2, 0) is 4.79 Å². The van der Waals surface area contributed by atoms with E-state index < -0.39 is 17.2 Å². The van der Waals surface area contributed by atoms with Crippen molar-refractivity contribution in [3.8, 4) is 6.07 Å². The maximum Gasteiger partial charge on any atom is 0.311 e. The van der Waals surface area contributed by atoms with E-state index in [-0.39, 0.29) is 11.5 Å². The minimum absolute atomic E-state index is 0.0926. The molecule has 2 atom stereocenters. The second kappa shape index (κ2) is 4.48. The molecule has 1 aromatic rings. The molecule has 1 aliphatic carbocycles. The first-order valence-corrected chi connectivity index (χ1v) is 6.75. The van der Waals surface area contributed by atoms with Gasteiger partial charge >= 0.3 is 5.97 Å². The summed E-state index contributed by atoms with van der Waals surface area (Å²) >= 11 is 0. The van der Waals surface area contributed by atoms with E-state index in [0.29, 0.717) is 25.2 Å². The molecule has 1 saturated heterocycles. The number of aliphatic carboxylic acids is 1. The van der Waals surface area contributed by atoms with Gasteiger partial charge in [-0.15, -0.1) is 0 Å². The van der Waals surface area contributed by atoms with Crippen LogP contribution in [0.15, 0.2) is 18.2 Å². The number of carboxylic acids is 1. The largest absolute Gasteiger partial charge is 0.481 e. The average Bonchev–Trinajstić information content (AvgIpc) is 2.96. The van der Waals surface area contributed by atoms with Crippen LogP contribution in [0.1, 0.15) is 24.8 Å². The molecule has 0 aromatic heterocycles. The highest BCUT2D eigenvalue weighted by atomic mass is 19.1. The molecule has 1 aromatic carbocycles. The third-order valence-electron chi connectivity index (χ3n) is 4.71. The van der Waals surface area contributed by atoms with Gasteiger partial charge in [0.25, 0.3) is 0 Å². The van der Waals surface area contributed by atoms with Crippen LogP contribution >= 0.6 is 0 Å². The zero-order valence-corrected chi connectivity index (χ0v) is 11.0. The van der Waals surface area contributed by atoms with Crippen molar-refractivity contribution in [2.24, 2.45) is 11.3 Å². The van der Waals surface area contributed by atoms with Crippen LogP contribution in [-0.4, -0.2) is 24.2 Å². The highest BCUT2D eigenvalue weighted by molar-refractivity contribution is 5.78. The van der Waals surface area contributed by atoms with E-state index in [1.54, 1.807) is 12.1 Å². The second-order valence-corrected chi connectivity index (χ2v) is 5.71. The van der Waals surface area contributed by atoms with Gasteiger partial charge in [0.05, 0.1) is 22.7 Å². The Balaban J connectivity index is 1.91. The van der Waals surface area contributed by atoms with Gasteiger partial charge in [-0.05, 0) is 37.0 Å². The van der Waals surface area contributed by atoms with Crippen molar-refractivity contribution in [2.45, 2.75) is 19.3 Å². The normalized spacial score (nSPS) is 28.2. The predicted molar refractivity (Wildman–Crippen MR) is 70.7 cm³/mol. The monoisotopic (exact) mass is 274 g/mol. The molecule has 1 aliphatic heterocycles. The molecule has 104 valence electrons. The molecule has 20 heavy (non-hydrogen) atoms. The van der Waals surface area contributed by atoms with E-state index >= 15 is 0 Å². The summed E-state index contributed by atoms with van der Waals surface area (Å²) in [6.07, 6.45) is 2.49.